The van der Waals surface area contributed by atoms with Crippen LogP contribution in [0.1, 0.15) is 34.5 Å². The first-order chi connectivity index (χ1) is 6.92. The lowest BCUT2D eigenvalue weighted by Crippen LogP contribution is -1.95. The van der Waals surface area contributed by atoms with Crippen molar-refractivity contribution in [1.82, 2.24) is 0 Å². The molecular formula is C13H10O. The van der Waals surface area contributed by atoms with Crippen molar-refractivity contribution in [1.29, 1.82) is 0 Å². The predicted molar refractivity (Wildman–Crippen MR) is 54.9 cm³/mol. The van der Waals surface area contributed by atoms with E-state index in [1.807, 2.05) is 0 Å². The lowest BCUT2D eigenvalue weighted by atomic mass is 9.92. The monoisotopic (exact) mass is 182 g/mol. The first kappa shape index (κ1) is 7.02. The molecule has 2 bridgehead atoms. The van der Waals surface area contributed by atoms with Crippen LogP contribution in [0.2, 0.25) is 0 Å². The van der Waals surface area contributed by atoms with Crippen LogP contribution in [0.25, 0.3) is 6.08 Å². The Balaban J connectivity index is 2.00. The average Bonchev–Trinajstić information content (AvgIpc) is 2.90. The Hall–Kier alpha value is -1.34. The van der Waals surface area contributed by atoms with E-state index in [1.165, 1.54) is 22.3 Å². The van der Waals surface area contributed by atoms with Gasteiger partial charge in [0.25, 0.3) is 0 Å². The van der Waals surface area contributed by atoms with Gasteiger partial charge in [0, 0.05) is 0 Å². The third-order valence-electron chi connectivity index (χ3n) is 3.35. The van der Waals surface area contributed by atoms with Gasteiger partial charge >= 0.3 is 0 Å². The molecule has 14 heavy (non-hydrogen) atoms. The number of benzene rings is 1. The number of hydrogen-bond donors (Lipinski definition) is 0. The lowest BCUT2D eigenvalue weighted by Gasteiger charge is -2.09. The van der Waals surface area contributed by atoms with Gasteiger partial charge in [0.05, 0.1) is 0 Å². The van der Waals surface area contributed by atoms with Gasteiger partial charge < -0.3 is 4.74 Å². The van der Waals surface area contributed by atoms with Crippen LogP contribution in [0.15, 0.2) is 30.4 Å². The van der Waals surface area contributed by atoms with Gasteiger partial charge in [-0.15, -0.1) is 0 Å². The molecule has 1 aromatic rings. The quantitative estimate of drug-likeness (QED) is 0.560. The summed E-state index contributed by atoms with van der Waals surface area (Å²) in [7, 11) is 0. The molecule has 0 fully saturated rings. The molecule has 0 aromatic heterocycles. The molecular weight excluding hydrogens is 172 g/mol. The normalized spacial score (nSPS) is 29.7. The number of rotatable bonds is 0. The summed E-state index contributed by atoms with van der Waals surface area (Å²) in [5, 5.41) is 0. The Morgan fingerprint density at radius 2 is 1.86 bits per heavy atom. The third kappa shape index (κ3) is 0.701. The Morgan fingerprint density at radius 3 is 2.71 bits per heavy atom. The molecule has 0 spiro atoms. The molecule has 0 radical (unpaired) electrons. The van der Waals surface area contributed by atoms with Gasteiger partial charge in [-0.2, -0.15) is 0 Å². The summed E-state index contributed by atoms with van der Waals surface area (Å²) in [5.41, 5.74) is 5.60. The zero-order valence-corrected chi connectivity index (χ0v) is 7.73. The molecule has 68 valence electrons. The molecule has 2 aliphatic heterocycles. The molecule has 0 unspecified atom stereocenters. The highest BCUT2D eigenvalue weighted by molar-refractivity contribution is 5.64. The average molecular weight is 182 g/mol. The van der Waals surface area contributed by atoms with Crippen LogP contribution in [0.4, 0.5) is 0 Å². The summed E-state index contributed by atoms with van der Waals surface area (Å²) in [6.45, 7) is 0. The van der Waals surface area contributed by atoms with E-state index in [-0.39, 0.29) is 12.2 Å². The van der Waals surface area contributed by atoms with Crippen molar-refractivity contribution in [2.75, 3.05) is 0 Å². The first-order valence-corrected chi connectivity index (χ1v) is 5.09. The minimum Gasteiger partial charge on any atom is -0.357 e. The number of allylic oxidation sites excluding steroid dienone is 1. The second kappa shape index (κ2) is 2.18. The Bertz CT molecular complexity index is 482. The zero-order chi connectivity index (χ0) is 9.12. The van der Waals surface area contributed by atoms with E-state index >= 15 is 0 Å². The van der Waals surface area contributed by atoms with Crippen molar-refractivity contribution in [3.8, 4) is 0 Å². The third-order valence-corrected chi connectivity index (χ3v) is 3.35. The molecule has 2 heterocycles. The fourth-order valence-corrected chi connectivity index (χ4v) is 2.64. The minimum atomic E-state index is 0.231. The van der Waals surface area contributed by atoms with Gasteiger partial charge in [-0.3, -0.25) is 0 Å². The highest BCUT2D eigenvalue weighted by Crippen LogP contribution is 2.47. The number of hydrogen-bond acceptors (Lipinski definition) is 1. The minimum absolute atomic E-state index is 0.231. The van der Waals surface area contributed by atoms with Gasteiger partial charge in [-0.05, 0) is 34.7 Å². The van der Waals surface area contributed by atoms with Crippen LogP contribution in [0.3, 0.4) is 0 Å². The summed E-state index contributed by atoms with van der Waals surface area (Å²) in [6, 6.07) is 4.61. The molecule has 1 aliphatic carbocycles. The first-order valence-electron chi connectivity index (χ1n) is 5.09. The van der Waals surface area contributed by atoms with Crippen LogP contribution in [-0.2, 0) is 11.2 Å². The van der Waals surface area contributed by atoms with Crippen molar-refractivity contribution in [3.63, 3.8) is 0 Å². The summed E-state index contributed by atoms with van der Waals surface area (Å²) in [5.74, 6) is 0. The van der Waals surface area contributed by atoms with Crippen LogP contribution >= 0.6 is 0 Å². The standard InChI is InChI=1S/C13H10O/c1-2-8-6-10-11(7-9(8)3-1)13-5-4-12(10)14-13/h1-2,4-7,12-13H,3H2/t12-,13+/m1/s1. The van der Waals surface area contributed by atoms with Gasteiger partial charge in [0.15, 0.2) is 0 Å². The van der Waals surface area contributed by atoms with Gasteiger partial charge in [0.1, 0.15) is 12.2 Å². The molecule has 0 saturated carbocycles. The van der Waals surface area contributed by atoms with Crippen molar-refractivity contribution < 1.29 is 4.74 Å². The maximum Gasteiger partial charge on any atom is 0.102 e. The van der Waals surface area contributed by atoms with Crippen LogP contribution in [-0.4, -0.2) is 0 Å². The fraction of sp³-hybridized carbons (Fsp3) is 0.231. The number of ether oxygens (including phenoxy) is 1. The maximum absolute atomic E-state index is 5.79. The molecule has 0 amide bonds. The van der Waals surface area contributed by atoms with Crippen molar-refractivity contribution in [3.05, 3.63) is 52.6 Å². The lowest BCUT2D eigenvalue weighted by molar-refractivity contribution is 0.0878. The zero-order valence-electron chi connectivity index (χ0n) is 7.73. The molecule has 4 rings (SSSR count). The molecule has 1 nitrogen and oxygen atoms in total. The van der Waals surface area contributed by atoms with Crippen molar-refractivity contribution in [2.45, 2.75) is 18.6 Å². The molecule has 2 atom stereocenters. The topological polar surface area (TPSA) is 9.23 Å². The predicted octanol–water partition coefficient (Wildman–Crippen LogP) is 2.94. The van der Waals surface area contributed by atoms with Gasteiger partial charge in [0.2, 0.25) is 0 Å². The van der Waals surface area contributed by atoms with Gasteiger partial charge in [-0.25, -0.2) is 0 Å². The second-order valence-electron chi connectivity index (χ2n) is 4.15. The van der Waals surface area contributed by atoms with Crippen LogP contribution in [0, 0.1) is 0 Å². The van der Waals surface area contributed by atoms with E-state index in [4.69, 9.17) is 4.74 Å². The van der Waals surface area contributed by atoms with E-state index in [0.717, 1.165) is 6.42 Å². The molecule has 0 saturated heterocycles. The molecule has 1 aromatic carbocycles. The maximum atomic E-state index is 5.79. The molecule has 1 heteroatoms. The van der Waals surface area contributed by atoms with Crippen LogP contribution in [0.5, 0.6) is 0 Å². The second-order valence-corrected chi connectivity index (χ2v) is 4.15. The van der Waals surface area contributed by atoms with E-state index in [9.17, 15) is 0 Å². The summed E-state index contributed by atoms with van der Waals surface area (Å²) >= 11 is 0. The Kier molecular flexibility index (Phi) is 1.09. The van der Waals surface area contributed by atoms with E-state index in [2.05, 4.69) is 36.4 Å². The fourth-order valence-electron chi connectivity index (χ4n) is 2.64. The van der Waals surface area contributed by atoms with Crippen LogP contribution < -0.4 is 0 Å². The largest absolute Gasteiger partial charge is 0.357 e. The van der Waals surface area contributed by atoms with Crippen molar-refractivity contribution >= 4 is 6.08 Å². The Morgan fingerprint density at radius 1 is 1.07 bits per heavy atom. The Labute approximate surface area is 82.7 Å². The smallest absolute Gasteiger partial charge is 0.102 e. The summed E-state index contributed by atoms with van der Waals surface area (Å²) in [6.07, 6.45) is 10.3. The molecule has 0 N–H and O–H groups in total. The van der Waals surface area contributed by atoms with E-state index in [0.29, 0.717) is 0 Å². The van der Waals surface area contributed by atoms with E-state index < -0.39 is 0 Å². The number of fused-ring (bicyclic) bond motifs is 6. The SMILES string of the molecule is C1=Cc2cc3c(cc2C1)[C@@H]1C=C[C@H]3O1. The van der Waals surface area contributed by atoms with Crippen molar-refractivity contribution in [2.24, 2.45) is 0 Å². The highest BCUT2D eigenvalue weighted by atomic mass is 16.5. The summed E-state index contributed by atoms with van der Waals surface area (Å²) < 4.78 is 5.79. The van der Waals surface area contributed by atoms with Gasteiger partial charge in [-0.1, -0.05) is 30.4 Å². The molecule has 3 aliphatic rings. The van der Waals surface area contributed by atoms with E-state index in [1.54, 1.807) is 0 Å². The highest BCUT2D eigenvalue weighted by Gasteiger charge is 2.34. The summed E-state index contributed by atoms with van der Waals surface area (Å²) in [4.78, 5) is 0.